The molecule has 0 aliphatic heterocycles. The molecule has 1 fully saturated rings. The highest BCUT2D eigenvalue weighted by atomic mass is 32.2. The molecule has 0 aromatic rings. The van der Waals surface area contributed by atoms with Crippen molar-refractivity contribution in [1.82, 2.24) is 0 Å². The lowest BCUT2D eigenvalue weighted by atomic mass is 9.80. The van der Waals surface area contributed by atoms with E-state index in [4.69, 9.17) is 0 Å². The maximum atomic E-state index is 11.9. The van der Waals surface area contributed by atoms with Crippen LogP contribution in [0, 0.1) is 17.3 Å². The fourth-order valence-electron chi connectivity index (χ4n) is 2.00. The molecule has 0 unspecified atom stereocenters. The standard InChI is InChI=1S/C12H24O2S/c1-5-11(12(2,3)4)9-15(13,14)8-10-6-7-10/h10-11H,5-9H2,1-4H3/t11-/m0/s1. The van der Waals surface area contributed by atoms with Crippen LogP contribution in [0.3, 0.4) is 0 Å². The van der Waals surface area contributed by atoms with Gasteiger partial charge >= 0.3 is 0 Å². The average molecular weight is 232 g/mol. The molecule has 1 rings (SSSR count). The van der Waals surface area contributed by atoms with Gasteiger partial charge < -0.3 is 0 Å². The Morgan fingerprint density at radius 2 is 1.80 bits per heavy atom. The van der Waals surface area contributed by atoms with E-state index >= 15 is 0 Å². The van der Waals surface area contributed by atoms with E-state index in [0.717, 1.165) is 19.3 Å². The fourth-order valence-corrected chi connectivity index (χ4v) is 4.53. The SMILES string of the molecule is CC[C@@H](CS(=O)(=O)CC1CC1)C(C)(C)C. The van der Waals surface area contributed by atoms with Crippen LogP contribution in [-0.2, 0) is 9.84 Å². The van der Waals surface area contributed by atoms with Gasteiger partial charge in [-0.3, -0.25) is 0 Å². The zero-order chi connectivity index (χ0) is 11.7. The summed E-state index contributed by atoms with van der Waals surface area (Å²) in [5.74, 6) is 1.58. The first-order chi connectivity index (χ1) is 6.74. The van der Waals surface area contributed by atoms with Crippen LogP contribution in [0.25, 0.3) is 0 Å². The lowest BCUT2D eigenvalue weighted by molar-refractivity contribution is 0.256. The Balaban J connectivity index is 2.56. The largest absolute Gasteiger partial charge is 0.229 e. The molecule has 1 aliphatic rings. The summed E-state index contributed by atoms with van der Waals surface area (Å²) in [6.07, 6.45) is 3.18. The zero-order valence-corrected chi connectivity index (χ0v) is 11.2. The Bertz CT molecular complexity index is 294. The van der Waals surface area contributed by atoms with Gasteiger partial charge in [0.25, 0.3) is 0 Å². The molecule has 0 saturated heterocycles. The summed E-state index contributed by atoms with van der Waals surface area (Å²) < 4.78 is 23.8. The third-order valence-electron chi connectivity index (χ3n) is 3.36. The van der Waals surface area contributed by atoms with Gasteiger partial charge in [-0.25, -0.2) is 8.42 Å². The minimum atomic E-state index is -2.81. The molecular weight excluding hydrogens is 208 g/mol. The minimum absolute atomic E-state index is 0.103. The first-order valence-corrected chi connectivity index (χ1v) is 7.77. The molecule has 3 heteroatoms. The van der Waals surface area contributed by atoms with Gasteiger partial charge in [0, 0.05) is 0 Å². The normalized spacial score (nSPS) is 20.3. The summed E-state index contributed by atoms with van der Waals surface area (Å²) in [6.45, 7) is 8.48. The lowest BCUT2D eigenvalue weighted by Gasteiger charge is -2.29. The van der Waals surface area contributed by atoms with Crippen molar-refractivity contribution in [2.45, 2.75) is 47.0 Å². The zero-order valence-electron chi connectivity index (χ0n) is 10.4. The van der Waals surface area contributed by atoms with Gasteiger partial charge in [0.05, 0.1) is 11.5 Å². The van der Waals surface area contributed by atoms with Crippen molar-refractivity contribution < 1.29 is 8.42 Å². The van der Waals surface area contributed by atoms with E-state index in [1.807, 2.05) is 0 Å². The van der Waals surface area contributed by atoms with Crippen molar-refractivity contribution in [3.63, 3.8) is 0 Å². The predicted molar refractivity (Wildman–Crippen MR) is 64.6 cm³/mol. The molecule has 0 spiro atoms. The highest BCUT2D eigenvalue weighted by Gasteiger charge is 2.32. The molecule has 0 heterocycles. The maximum absolute atomic E-state index is 11.9. The quantitative estimate of drug-likeness (QED) is 0.730. The summed E-state index contributed by atoms with van der Waals surface area (Å²) in [5.41, 5.74) is 0.103. The molecule has 0 radical (unpaired) electrons. The highest BCUT2D eigenvalue weighted by molar-refractivity contribution is 7.91. The van der Waals surface area contributed by atoms with E-state index in [0.29, 0.717) is 23.3 Å². The fraction of sp³-hybridized carbons (Fsp3) is 1.00. The summed E-state index contributed by atoms with van der Waals surface area (Å²) >= 11 is 0. The van der Waals surface area contributed by atoms with Gasteiger partial charge in [-0.15, -0.1) is 0 Å². The first kappa shape index (κ1) is 13.0. The number of hydrogen-bond donors (Lipinski definition) is 0. The van der Waals surface area contributed by atoms with E-state index in [-0.39, 0.29) is 5.41 Å². The van der Waals surface area contributed by atoms with Gasteiger partial charge in [-0.1, -0.05) is 34.1 Å². The molecular formula is C12H24O2S. The van der Waals surface area contributed by atoms with Crippen LogP contribution in [0.5, 0.6) is 0 Å². The van der Waals surface area contributed by atoms with E-state index in [2.05, 4.69) is 27.7 Å². The number of rotatable bonds is 5. The summed E-state index contributed by atoms with van der Waals surface area (Å²) in [6, 6.07) is 0. The van der Waals surface area contributed by atoms with Crippen LogP contribution >= 0.6 is 0 Å². The Morgan fingerprint density at radius 1 is 1.27 bits per heavy atom. The van der Waals surface area contributed by atoms with Crippen molar-refractivity contribution >= 4 is 9.84 Å². The molecule has 2 nitrogen and oxygen atoms in total. The van der Waals surface area contributed by atoms with Gasteiger partial charge in [0.2, 0.25) is 0 Å². The van der Waals surface area contributed by atoms with Crippen molar-refractivity contribution in [3.8, 4) is 0 Å². The van der Waals surface area contributed by atoms with Gasteiger partial charge in [0.15, 0.2) is 9.84 Å². The Morgan fingerprint density at radius 3 is 2.13 bits per heavy atom. The summed E-state index contributed by atoms with van der Waals surface area (Å²) in [7, 11) is -2.81. The Labute approximate surface area is 94.4 Å². The molecule has 0 aromatic heterocycles. The third-order valence-corrected chi connectivity index (χ3v) is 5.25. The Hall–Kier alpha value is -0.0500. The monoisotopic (exact) mass is 232 g/mol. The second-order valence-corrected chi connectivity index (χ2v) is 8.15. The molecule has 0 amide bonds. The molecule has 15 heavy (non-hydrogen) atoms. The number of sulfone groups is 1. The van der Waals surface area contributed by atoms with Crippen molar-refractivity contribution in [2.24, 2.45) is 17.3 Å². The molecule has 0 aromatic carbocycles. The van der Waals surface area contributed by atoms with E-state index in [1.165, 1.54) is 0 Å². The van der Waals surface area contributed by atoms with E-state index < -0.39 is 9.84 Å². The van der Waals surface area contributed by atoms with Gasteiger partial charge in [-0.05, 0) is 30.1 Å². The summed E-state index contributed by atoms with van der Waals surface area (Å²) in [4.78, 5) is 0. The molecule has 0 bridgehead atoms. The van der Waals surface area contributed by atoms with Crippen LogP contribution in [0.2, 0.25) is 0 Å². The number of hydrogen-bond acceptors (Lipinski definition) is 2. The summed E-state index contributed by atoms with van der Waals surface area (Å²) in [5, 5.41) is 0. The lowest BCUT2D eigenvalue weighted by Crippen LogP contribution is -2.29. The van der Waals surface area contributed by atoms with Crippen LogP contribution in [-0.4, -0.2) is 19.9 Å². The molecule has 0 N–H and O–H groups in total. The molecule has 1 aliphatic carbocycles. The second kappa shape index (κ2) is 4.44. The van der Waals surface area contributed by atoms with Gasteiger partial charge in [0.1, 0.15) is 0 Å². The Kier molecular flexibility index (Phi) is 3.85. The van der Waals surface area contributed by atoms with E-state index in [9.17, 15) is 8.42 Å². The second-order valence-electron chi connectivity index (χ2n) is 5.99. The smallest absolute Gasteiger partial charge is 0.150 e. The van der Waals surface area contributed by atoms with E-state index in [1.54, 1.807) is 0 Å². The predicted octanol–water partition coefficient (Wildman–Crippen LogP) is 2.88. The minimum Gasteiger partial charge on any atom is -0.229 e. The van der Waals surface area contributed by atoms with Crippen molar-refractivity contribution in [2.75, 3.05) is 11.5 Å². The topological polar surface area (TPSA) is 34.1 Å². The van der Waals surface area contributed by atoms with Crippen LogP contribution in [0.1, 0.15) is 47.0 Å². The van der Waals surface area contributed by atoms with Crippen LogP contribution in [0.15, 0.2) is 0 Å². The maximum Gasteiger partial charge on any atom is 0.150 e. The average Bonchev–Trinajstić information content (AvgIpc) is 2.81. The highest BCUT2D eigenvalue weighted by Crippen LogP contribution is 2.34. The molecule has 90 valence electrons. The van der Waals surface area contributed by atoms with Crippen molar-refractivity contribution in [1.29, 1.82) is 0 Å². The first-order valence-electron chi connectivity index (χ1n) is 5.95. The third kappa shape index (κ3) is 4.54. The van der Waals surface area contributed by atoms with Crippen molar-refractivity contribution in [3.05, 3.63) is 0 Å². The molecule has 1 atom stereocenters. The van der Waals surface area contributed by atoms with Gasteiger partial charge in [-0.2, -0.15) is 0 Å². The van der Waals surface area contributed by atoms with Crippen LogP contribution in [0.4, 0.5) is 0 Å². The van der Waals surface area contributed by atoms with Crippen LogP contribution < -0.4 is 0 Å². The molecule has 1 saturated carbocycles.